The second kappa shape index (κ2) is 7.65. The van der Waals surface area contributed by atoms with Crippen molar-refractivity contribution in [3.63, 3.8) is 0 Å². The first kappa shape index (κ1) is 14.5. The van der Waals surface area contributed by atoms with Gasteiger partial charge in [0.05, 0.1) is 12.7 Å². The van der Waals surface area contributed by atoms with E-state index >= 15 is 0 Å². The van der Waals surface area contributed by atoms with E-state index in [9.17, 15) is 5.11 Å². The van der Waals surface area contributed by atoms with E-state index in [1.165, 1.54) is 5.56 Å². The van der Waals surface area contributed by atoms with Gasteiger partial charge in [0.15, 0.2) is 0 Å². The zero-order valence-electron chi connectivity index (χ0n) is 11.6. The molecule has 1 saturated heterocycles. The fourth-order valence-corrected chi connectivity index (χ4v) is 2.59. The first-order chi connectivity index (χ1) is 9.28. The first-order valence-corrected chi connectivity index (χ1v) is 7.02. The standard InChI is InChI=1S/C14H25N3O2/c1-19-11-14(18)10-17-6-3-13(4-7-17)16-9-12-2-5-15-8-12/h2,5,8,13-16,18H,3-4,6-7,9-11H2,1H3. The number of hydrogen-bond acceptors (Lipinski definition) is 4. The molecule has 1 atom stereocenters. The number of rotatable bonds is 7. The van der Waals surface area contributed by atoms with E-state index in [0.717, 1.165) is 39.0 Å². The molecule has 0 spiro atoms. The number of piperidine rings is 1. The van der Waals surface area contributed by atoms with Crippen molar-refractivity contribution in [2.75, 3.05) is 33.4 Å². The summed E-state index contributed by atoms with van der Waals surface area (Å²) in [7, 11) is 1.63. The summed E-state index contributed by atoms with van der Waals surface area (Å²) in [4.78, 5) is 5.39. The summed E-state index contributed by atoms with van der Waals surface area (Å²) in [6, 6.07) is 2.69. The zero-order valence-corrected chi connectivity index (χ0v) is 11.6. The van der Waals surface area contributed by atoms with Gasteiger partial charge in [-0.05, 0) is 37.6 Å². The Hall–Kier alpha value is -0.880. The third-order valence-electron chi connectivity index (χ3n) is 3.67. The number of H-pyrrole nitrogens is 1. The van der Waals surface area contributed by atoms with Crippen LogP contribution in [0.15, 0.2) is 18.5 Å². The van der Waals surface area contributed by atoms with Crippen molar-refractivity contribution < 1.29 is 9.84 Å². The molecule has 5 heteroatoms. The van der Waals surface area contributed by atoms with Crippen LogP contribution in [-0.4, -0.2) is 60.5 Å². The number of β-amino-alcohol motifs (C(OH)–C–C–N with tert-alkyl or cyclic N) is 1. The maximum absolute atomic E-state index is 9.71. The summed E-state index contributed by atoms with van der Waals surface area (Å²) >= 11 is 0. The lowest BCUT2D eigenvalue weighted by molar-refractivity contribution is 0.0310. The van der Waals surface area contributed by atoms with Gasteiger partial charge < -0.3 is 25.0 Å². The highest BCUT2D eigenvalue weighted by Gasteiger charge is 2.20. The van der Waals surface area contributed by atoms with Crippen molar-refractivity contribution in [1.29, 1.82) is 0 Å². The highest BCUT2D eigenvalue weighted by molar-refractivity contribution is 5.07. The molecule has 1 aromatic heterocycles. The predicted molar refractivity (Wildman–Crippen MR) is 75.0 cm³/mol. The van der Waals surface area contributed by atoms with Crippen molar-refractivity contribution in [3.8, 4) is 0 Å². The molecule has 0 radical (unpaired) electrons. The Labute approximate surface area is 115 Å². The van der Waals surface area contributed by atoms with Gasteiger partial charge in [0, 0.05) is 38.6 Å². The summed E-state index contributed by atoms with van der Waals surface area (Å²) in [6.07, 6.45) is 5.91. The summed E-state index contributed by atoms with van der Waals surface area (Å²) in [5.74, 6) is 0. The van der Waals surface area contributed by atoms with Crippen molar-refractivity contribution in [2.45, 2.75) is 31.5 Å². The van der Waals surface area contributed by atoms with Crippen molar-refractivity contribution >= 4 is 0 Å². The van der Waals surface area contributed by atoms with E-state index in [1.54, 1.807) is 7.11 Å². The number of aromatic nitrogens is 1. The smallest absolute Gasteiger partial charge is 0.0900 e. The Morgan fingerprint density at radius 2 is 2.32 bits per heavy atom. The van der Waals surface area contributed by atoms with E-state index in [2.05, 4.69) is 21.3 Å². The SMILES string of the molecule is COCC(O)CN1CCC(NCc2cc[nH]c2)CC1. The van der Waals surface area contributed by atoms with Crippen LogP contribution in [0.25, 0.3) is 0 Å². The molecule has 1 aliphatic heterocycles. The zero-order chi connectivity index (χ0) is 13.5. The number of ether oxygens (including phenoxy) is 1. The predicted octanol–water partition coefficient (Wildman–Crippen LogP) is 0.576. The lowest BCUT2D eigenvalue weighted by Gasteiger charge is -2.33. The quantitative estimate of drug-likeness (QED) is 0.676. The van der Waals surface area contributed by atoms with Crippen molar-refractivity contribution in [1.82, 2.24) is 15.2 Å². The third kappa shape index (κ3) is 4.95. The molecule has 3 N–H and O–H groups in total. The second-order valence-electron chi connectivity index (χ2n) is 5.28. The van der Waals surface area contributed by atoms with Gasteiger partial charge in [-0.2, -0.15) is 0 Å². The van der Waals surface area contributed by atoms with Crippen molar-refractivity contribution in [3.05, 3.63) is 24.0 Å². The molecule has 1 aliphatic rings. The van der Waals surface area contributed by atoms with Gasteiger partial charge in [-0.15, -0.1) is 0 Å². The Balaban J connectivity index is 1.62. The van der Waals surface area contributed by atoms with Crippen LogP contribution in [0, 0.1) is 0 Å². The number of methoxy groups -OCH3 is 1. The van der Waals surface area contributed by atoms with Gasteiger partial charge in [-0.1, -0.05) is 0 Å². The number of hydrogen-bond donors (Lipinski definition) is 3. The molecular weight excluding hydrogens is 242 g/mol. The van der Waals surface area contributed by atoms with Crippen LogP contribution in [0.4, 0.5) is 0 Å². The van der Waals surface area contributed by atoms with Crippen LogP contribution in [-0.2, 0) is 11.3 Å². The lowest BCUT2D eigenvalue weighted by Crippen LogP contribution is -2.45. The highest BCUT2D eigenvalue weighted by Crippen LogP contribution is 2.11. The number of aromatic amines is 1. The Bertz CT molecular complexity index is 334. The fraction of sp³-hybridized carbons (Fsp3) is 0.714. The van der Waals surface area contributed by atoms with E-state index in [-0.39, 0.29) is 6.10 Å². The number of likely N-dealkylation sites (tertiary alicyclic amines) is 1. The van der Waals surface area contributed by atoms with E-state index in [0.29, 0.717) is 12.6 Å². The van der Waals surface area contributed by atoms with Gasteiger partial charge >= 0.3 is 0 Å². The molecule has 1 aromatic rings. The van der Waals surface area contributed by atoms with Crippen LogP contribution in [0.3, 0.4) is 0 Å². The molecule has 0 aliphatic carbocycles. The maximum atomic E-state index is 9.71. The second-order valence-corrected chi connectivity index (χ2v) is 5.28. The molecule has 5 nitrogen and oxygen atoms in total. The minimum absolute atomic E-state index is 0.366. The fourth-order valence-electron chi connectivity index (χ4n) is 2.59. The summed E-state index contributed by atoms with van der Waals surface area (Å²) < 4.78 is 4.95. The Morgan fingerprint density at radius 3 is 2.95 bits per heavy atom. The number of nitrogens with one attached hydrogen (secondary N) is 2. The Kier molecular flexibility index (Phi) is 5.85. The largest absolute Gasteiger partial charge is 0.389 e. The van der Waals surface area contributed by atoms with E-state index in [1.807, 2.05) is 12.4 Å². The van der Waals surface area contributed by atoms with Crippen LogP contribution < -0.4 is 5.32 Å². The average Bonchev–Trinajstić information content (AvgIpc) is 2.91. The molecule has 19 heavy (non-hydrogen) atoms. The van der Waals surface area contributed by atoms with Gasteiger partial charge in [0.2, 0.25) is 0 Å². The topological polar surface area (TPSA) is 60.5 Å². The highest BCUT2D eigenvalue weighted by atomic mass is 16.5. The molecule has 1 fully saturated rings. The molecule has 1 unspecified atom stereocenters. The normalized spacial score (nSPS) is 19.7. The molecule has 0 amide bonds. The van der Waals surface area contributed by atoms with Gasteiger partial charge in [0.1, 0.15) is 0 Å². The third-order valence-corrected chi connectivity index (χ3v) is 3.67. The van der Waals surface area contributed by atoms with Gasteiger partial charge in [-0.3, -0.25) is 0 Å². The van der Waals surface area contributed by atoms with Crippen LogP contribution >= 0.6 is 0 Å². The van der Waals surface area contributed by atoms with Crippen molar-refractivity contribution in [2.24, 2.45) is 0 Å². The molecule has 2 rings (SSSR count). The minimum atomic E-state index is -0.366. The van der Waals surface area contributed by atoms with E-state index in [4.69, 9.17) is 4.74 Å². The first-order valence-electron chi connectivity index (χ1n) is 7.02. The molecule has 108 valence electrons. The number of aliphatic hydroxyl groups excluding tert-OH is 1. The number of aliphatic hydroxyl groups is 1. The van der Waals surface area contributed by atoms with Gasteiger partial charge in [0.25, 0.3) is 0 Å². The van der Waals surface area contributed by atoms with Crippen LogP contribution in [0.5, 0.6) is 0 Å². The summed E-state index contributed by atoms with van der Waals surface area (Å²) in [5.41, 5.74) is 1.30. The summed E-state index contributed by atoms with van der Waals surface area (Å²) in [6.45, 7) is 4.17. The van der Waals surface area contributed by atoms with E-state index < -0.39 is 0 Å². The average molecular weight is 267 g/mol. The molecular formula is C14H25N3O2. The van der Waals surface area contributed by atoms with Crippen LogP contribution in [0.1, 0.15) is 18.4 Å². The van der Waals surface area contributed by atoms with Gasteiger partial charge in [-0.25, -0.2) is 0 Å². The van der Waals surface area contributed by atoms with Crippen LogP contribution in [0.2, 0.25) is 0 Å². The Morgan fingerprint density at radius 1 is 1.53 bits per heavy atom. The maximum Gasteiger partial charge on any atom is 0.0900 e. The monoisotopic (exact) mass is 267 g/mol. The minimum Gasteiger partial charge on any atom is -0.389 e. The summed E-state index contributed by atoms with van der Waals surface area (Å²) in [5, 5.41) is 13.3. The molecule has 0 saturated carbocycles. The molecule has 0 aromatic carbocycles. The molecule has 0 bridgehead atoms. The molecule has 2 heterocycles. The lowest BCUT2D eigenvalue weighted by atomic mass is 10.0. The number of nitrogens with zero attached hydrogens (tertiary/aromatic N) is 1.